The molecule has 3 nitrogen and oxygen atoms in total. The summed E-state index contributed by atoms with van der Waals surface area (Å²) in [4.78, 5) is 8.89. The summed E-state index contributed by atoms with van der Waals surface area (Å²) < 4.78 is 13.1. The number of pyridine rings is 1. The average molecular weight is 340 g/mol. The second-order valence-electron chi connectivity index (χ2n) is 5.33. The lowest BCUT2D eigenvalue weighted by molar-refractivity contribution is 0.249. The van der Waals surface area contributed by atoms with Crippen molar-refractivity contribution in [1.29, 1.82) is 0 Å². The number of anilines is 1. The van der Waals surface area contributed by atoms with E-state index in [2.05, 4.69) is 14.8 Å². The fourth-order valence-electron chi connectivity index (χ4n) is 2.58. The Balaban J connectivity index is 1.58. The normalized spacial score (nSPS) is 16.0. The van der Waals surface area contributed by atoms with Crippen molar-refractivity contribution < 1.29 is 4.39 Å². The van der Waals surface area contributed by atoms with Crippen molar-refractivity contribution >= 4 is 29.0 Å². The fraction of sp³-hybridized carbons (Fsp3) is 0.312. The molecule has 0 spiro atoms. The van der Waals surface area contributed by atoms with Crippen LogP contribution >= 0.6 is 23.2 Å². The number of aromatic nitrogens is 1. The molecule has 0 atom stereocenters. The van der Waals surface area contributed by atoms with Gasteiger partial charge in [0.05, 0.1) is 5.02 Å². The van der Waals surface area contributed by atoms with Crippen molar-refractivity contribution in [2.75, 3.05) is 31.1 Å². The minimum Gasteiger partial charge on any atom is -0.354 e. The second kappa shape index (κ2) is 6.82. The Morgan fingerprint density at radius 3 is 2.45 bits per heavy atom. The second-order valence-corrected chi connectivity index (χ2v) is 6.18. The molecule has 1 fully saturated rings. The lowest BCUT2D eigenvalue weighted by Gasteiger charge is -2.35. The highest BCUT2D eigenvalue weighted by Gasteiger charge is 2.18. The highest BCUT2D eigenvalue weighted by atomic mass is 35.5. The molecule has 0 N–H and O–H groups in total. The van der Waals surface area contributed by atoms with Gasteiger partial charge in [0.1, 0.15) is 11.6 Å². The van der Waals surface area contributed by atoms with E-state index < -0.39 is 0 Å². The predicted molar refractivity (Wildman–Crippen MR) is 88.1 cm³/mol. The van der Waals surface area contributed by atoms with Crippen LogP contribution in [-0.2, 0) is 6.54 Å². The van der Waals surface area contributed by atoms with Crippen LogP contribution in [0, 0.1) is 5.82 Å². The van der Waals surface area contributed by atoms with Crippen molar-refractivity contribution in [1.82, 2.24) is 9.88 Å². The molecule has 1 aromatic heterocycles. The molecular weight excluding hydrogens is 324 g/mol. The number of piperazine rings is 1. The standard InChI is InChI=1S/C16H16Cl2FN3/c17-13-2-4-16(20-10-13)22-7-5-21(6-8-22)11-12-1-3-14(19)9-15(12)18/h1-4,9-10H,5-8,11H2. The summed E-state index contributed by atoms with van der Waals surface area (Å²) in [5.41, 5.74) is 0.959. The highest BCUT2D eigenvalue weighted by Crippen LogP contribution is 2.21. The van der Waals surface area contributed by atoms with E-state index in [-0.39, 0.29) is 5.82 Å². The topological polar surface area (TPSA) is 19.4 Å². The molecule has 0 radical (unpaired) electrons. The molecule has 1 saturated heterocycles. The van der Waals surface area contributed by atoms with Gasteiger partial charge in [-0.3, -0.25) is 4.90 Å². The van der Waals surface area contributed by atoms with Gasteiger partial charge >= 0.3 is 0 Å². The molecule has 3 rings (SSSR count). The van der Waals surface area contributed by atoms with Crippen LogP contribution in [0.3, 0.4) is 0 Å². The third-order valence-electron chi connectivity index (χ3n) is 3.82. The molecule has 2 heterocycles. The predicted octanol–water partition coefficient (Wildman–Crippen LogP) is 3.85. The summed E-state index contributed by atoms with van der Waals surface area (Å²) in [5.74, 6) is 0.649. The number of benzene rings is 1. The van der Waals surface area contributed by atoms with Crippen molar-refractivity contribution in [3.8, 4) is 0 Å². The first-order valence-corrected chi connectivity index (χ1v) is 7.90. The smallest absolute Gasteiger partial charge is 0.128 e. The van der Waals surface area contributed by atoms with Gasteiger partial charge in [0.25, 0.3) is 0 Å². The Bertz CT molecular complexity index is 640. The van der Waals surface area contributed by atoms with E-state index in [1.807, 2.05) is 12.1 Å². The molecule has 0 aliphatic carbocycles. The zero-order chi connectivity index (χ0) is 15.5. The van der Waals surface area contributed by atoms with Crippen LogP contribution in [-0.4, -0.2) is 36.1 Å². The Labute approximate surface area is 139 Å². The van der Waals surface area contributed by atoms with E-state index in [1.165, 1.54) is 12.1 Å². The van der Waals surface area contributed by atoms with Crippen LogP contribution in [0.15, 0.2) is 36.5 Å². The van der Waals surface area contributed by atoms with Gasteiger partial charge in [-0.05, 0) is 29.8 Å². The third kappa shape index (κ3) is 3.69. The van der Waals surface area contributed by atoms with Gasteiger partial charge in [-0.15, -0.1) is 0 Å². The first kappa shape index (κ1) is 15.5. The summed E-state index contributed by atoms with van der Waals surface area (Å²) in [5, 5.41) is 1.13. The molecule has 116 valence electrons. The van der Waals surface area contributed by atoms with E-state index in [0.29, 0.717) is 10.0 Å². The third-order valence-corrected chi connectivity index (χ3v) is 4.39. The molecule has 1 aliphatic heterocycles. The number of nitrogens with zero attached hydrogens (tertiary/aromatic N) is 3. The van der Waals surface area contributed by atoms with E-state index >= 15 is 0 Å². The monoisotopic (exact) mass is 339 g/mol. The zero-order valence-electron chi connectivity index (χ0n) is 12.0. The van der Waals surface area contributed by atoms with Gasteiger partial charge in [-0.25, -0.2) is 9.37 Å². The molecule has 22 heavy (non-hydrogen) atoms. The SMILES string of the molecule is Fc1ccc(CN2CCN(c3ccc(Cl)cn3)CC2)c(Cl)c1. The Kier molecular flexibility index (Phi) is 4.81. The molecule has 0 unspecified atom stereocenters. The molecule has 2 aromatic rings. The van der Waals surface area contributed by atoms with Crippen molar-refractivity contribution in [2.45, 2.75) is 6.54 Å². The average Bonchev–Trinajstić information content (AvgIpc) is 2.52. The minimum atomic E-state index is -0.299. The van der Waals surface area contributed by atoms with Crippen molar-refractivity contribution in [2.24, 2.45) is 0 Å². The lowest BCUT2D eigenvalue weighted by Crippen LogP contribution is -2.46. The van der Waals surface area contributed by atoms with Gasteiger partial charge < -0.3 is 4.90 Å². The molecule has 0 bridgehead atoms. The summed E-state index contributed by atoms with van der Waals surface area (Å²) in [7, 11) is 0. The fourth-order valence-corrected chi connectivity index (χ4v) is 2.92. The van der Waals surface area contributed by atoms with Gasteiger partial charge in [0.15, 0.2) is 0 Å². The summed E-state index contributed by atoms with van der Waals surface area (Å²) >= 11 is 12.0. The van der Waals surface area contributed by atoms with Gasteiger partial charge in [0, 0.05) is 43.9 Å². The van der Waals surface area contributed by atoms with Crippen molar-refractivity contribution in [3.05, 3.63) is 58.0 Å². The number of halogens is 3. The first-order valence-electron chi connectivity index (χ1n) is 7.14. The quantitative estimate of drug-likeness (QED) is 0.846. The van der Waals surface area contributed by atoms with E-state index in [9.17, 15) is 4.39 Å². The molecule has 1 aliphatic rings. The van der Waals surface area contributed by atoms with E-state index in [1.54, 1.807) is 12.3 Å². The number of hydrogen-bond acceptors (Lipinski definition) is 3. The van der Waals surface area contributed by atoms with Gasteiger partial charge in [0.2, 0.25) is 0 Å². The summed E-state index contributed by atoms with van der Waals surface area (Å²) in [6.07, 6.45) is 1.67. The lowest BCUT2D eigenvalue weighted by atomic mass is 10.2. The largest absolute Gasteiger partial charge is 0.354 e. The van der Waals surface area contributed by atoms with Crippen LogP contribution in [0.25, 0.3) is 0 Å². The summed E-state index contributed by atoms with van der Waals surface area (Å²) in [6.45, 7) is 4.36. The number of rotatable bonds is 3. The molecule has 1 aromatic carbocycles. The number of hydrogen-bond donors (Lipinski definition) is 0. The molecule has 6 heteroatoms. The van der Waals surface area contributed by atoms with Crippen LogP contribution in [0.2, 0.25) is 10.0 Å². The Hall–Kier alpha value is -1.36. The highest BCUT2D eigenvalue weighted by molar-refractivity contribution is 6.31. The van der Waals surface area contributed by atoms with Crippen LogP contribution in [0.1, 0.15) is 5.56 Å². The maximum absolute atomic E-state index is 13.1. The Morgan fingerprint density at radius 1 is 1.05 bits per heavy atom. The van der Waals surface area contributed by atoms with E-state index in [4.69, 9.17) is 23.2 Å². The molecule has 0 amide bonds. The van der Waals surface area contributed by atoms with Gasteiger partial charge in [-0.1, -0.05) is 29.3 Å². The van der Waals surface area contributed by atoms with Crippen molar-refractivity contribution in [3.63, 3.8) is 0 Å². The van der Waals surface area contributed by atoms with Crippen LogP contribution in [0.5, 0.6) is 0 Å². The first-order chi connectivity index (χ1) is 10.6. The van der Waals surface area contributed by atoms with E-state index in [0.717, 1.165) is 44.1 Å². The molecule has 0 saturated carbocycles. The maximum atomic E-state index is 13.1. The van der Waals surface area contributed by atoms with Gasteiger partial charge in [-0.2, -0.15) is 0 Å². The Morgan fingerprint density at radius 2 is 1.82 bits per heavy atom. The molecular formula is C16H16Cl2FN3. The minimum absolute atomic E-state index is 0.299. The van der Waals surface area contributed by atoms with Crippen LogP contribution < -0.4 is 4.90 Å². The maximum Gasteiger partial charge on any atom is 0.128 e. The zero-order valence-corrected chi connectivity index (χ0v) is 13.5. The summed E-state index contributed by atoms with van der Waals surface area (Å²) in [6, 6.07) is 8.37. The van der Waals surface area contributed by atoms with Crippen LogP contribution in [0.4, 0.5) is 10.2 Å².